The van der Waals surface area contributed by atoms with E-state index in [0.29, 0.717) is 11.3 Å². The van der Waals surface area contributed by atoms with Crippen molar-refractivity contribution in [3.05, 3.63) is 88.6 Å². The molecular weight excluding hydrogens is 494 g/mol. The van der Waals surface area contributed by atoms with Gasteiger partial charge in [-0.1, -0.05) is 42.0 Å². The van der Waals surface area contributed by atoms with Gasteiger partial charge in [0.15, 0.2) is 0 Å². The molecule has 2 aromatic carbocycles. The van der Waals surface area contributed by atoms with Crippen LogP contribution in [0.5, 0.6) is 5.75 Å². The number of aliphatic carboxylic acids is 1. The van der Waals surface area contributed by atoms with Gasteiger partial charge in [-0.25, -0.2) is 14.6 Å². The summed E-state index contributed by atoms with van der Waals surface area (Å²) in [4.78, 5) is 33.6. The second-order valence-corrected chi connectivity index (χ2v) is 10.5. The molecule has 1 aliphatic carbocycles. The number of benzene rings is 2. The summed E-state index contributed by atoms with van der Waals surface area (Å²) in [7, 11) is 1.62. The number of aromatic nitrogens is 1. The van der Waals surface area contributed by atoms with Crippen LogP contribution < -0.4 is 9.64 Å². The number of carbonyl (C=O) groups is 2. The van der Waals surface area contributed by atoms with Crippen molar-refractivity contribution < 1.29 is 24.2 Å². The molecule has 1 N–H and O–H groups in total. The number of rotatable bonds is 8. The number of aryl methyl sites for hydroxylation is 1. The van der Waals surface area contributed by atoms with Gasteiger partial charge in [-0.05, 0) is 55.7 Å². The summed E-state index contributed by atoms with van der Waals surface area (Å²) in [5, 5.41) is 9.40. The summed E-state index contributed by atoms with van der Waals surface area (Å²) in [5.41, 5.74) is 5.77. The van der Waals surface area contributed by atoms with E-state index in [9.17, 15) is 14.7 Å². The number of hydrogen-bond acceptors (Lipinski definition) is 6. The molecule has 1 amide bonds. The van der Waals surface area contributed by atoms with E-state index in [1.54, 1.807) is 18.1 Å². The van der Waals surface area contributed by atoms with Crippen LogP contribution in [0.3, 0.4) is 0 Å². The van der Waals surface area contributed by atoms with Crippen LogP contribution in [0.4, 0.5) is 10.6 Å². The van der Waals surface area contributed by atoms with Crippen LogP contribution in [-0.4, -0.2) is 53.3 Å². The van der Waals surface area contributed by atoms with Crippen LogP contribution in [0.15, 0.2) is 66.2 Å². The standard InChI is InChI=1S/C31H31N3O5/c1-18-6-4-7-21(14-18)29-19(2)34(31(37)39-29)17-26-22(9-11-28(32-26)33-12-5-13-33)24-15-20(8-10-27(24)38-3)23-16-25(23)30(35)36/h4,6-11,14-16,19,23,29H,5,12-13,17H2,1-3H3,(H,35,36). The average molecular weight is 526 g/mol. The number of carboxylic acid groups (broad SMARTS) is 1. The lowest BCUT2D eigenvalue weighted by Crippen LogP contribution is -2.38. The average Bonchev–Trinajstić information content (AvgIpc) is 3.65. The van der Waals surface area contributed by atoms with E-state index in [4.69, 9.17) is 14.5 Å². The van der Waals surface area contributed by atoms with E-state index in [-0.39, 0.29) is 30.7 Å². The number of methoxy groups -OCH3 is 1. The summed E-state index contributed by atoms with van der Waals surface area (Å²) in [5.74, 6) is 0.421. The Bertz CT molecular complexity index is 1500. The molecule has 8 nitrogen and oxygen atoms in total. The molecule has 0 radical (unpaired) electrons. The number of carbonyl (C=O) groups excluding carboxylic acids is 1. The topological polar surface area (TPSA) is 92.2 Å². The molecule has 39 heavy (non-hydrogen) atoms. The summed E-state index contributed by atoms with van der Waals surface area (Å²) < 4.78 is 11.6. The van der Waals surface area contributed by atoms with E-state index in [0.717, 1.165) is 58.8 Å². The highest BCUT2D eigenvalue weighted by Crippen LogP contribution is 2.44. The van der Waals surface area contributed by atoms with Crippen molar-refractivity contribution in [1.29, 1.82) is 0 Å². The Morgan fingerprint density at radius 2 is 1.92 bits per heavy atom. The Balaban J connectivity index is 1.37. The highest BCUT2D eigenvalue weighted by atomic mass is 16.6. The van der Waals surface area contributed by atoms with Crippen molar-refractivity contribution in [3.63, 3.8) is 0 Å². The Labute approximate surface area is 227 Å². The molecule has 0 spiro atoms. The largest absolute Gasteiger partial charge is 0.496 e. The molecule has 0 bridgehead atoms. The van der Waals surface area contributed by atoms with Crippen molar-refractivity contribution in [1.82, 2.24) is 9.88 Å². The maximum Gasteiger partial charge on any atom is 0.411 e. The fourth-order valence-corrected chi connectivity index (χ4v) is 5.49. The number of ether oxygens (including phenoxy) is 2. The zero-order valence-electron chi connectivity index (χ0n) is 22.3. The van der Waals surface area contributed by atoms with Gasteiger partial charge in [0.05, 0.1) is 25.4 Å². The molecule has 2 fully saturated rings. The normalized spacial score (nSPS) is 21.8. The first kappa shape index (κ1) is 25.0. The molecule has 6 rings (SSSR count). The van der Waals surface area contributed by atoms with Crippen LogP contribution >= 0.6 is 0 Å². The van der Waals surface area contributed by atoms with Crippen LogP contribution in [0.2, 0.25) is 0 Å². The summed E-state index contributed by atoms with van der Waals surface area (Å²) in [6.45, 7) is 6.21. The number of amides is 1. The Morgan fingerprint density at radius 3 is 2.59 bits per heavy atom. The van der Waals surface area contributed by atoms with Gasteiger partial charge in [0.1, 0.15) is 17.7 Å². The Morgan fingerprint density at radius 1 is 1.10 bits per heavy atom. The van der Waals surface area contributed by atoms with Crippen molar-refractivity contribution >= 4 is 17.9 Å². The maximum atomic E-state index is 13.1. The molecular formula is C31H31N3O5. The van der Waals surface area contributed by atoms with Gasteiger partial charge in [0.2, 0.25) is 0 Å². The van der Waals surface area contributed by atoms with Crippen LogP contribution in [0.25, 0.3) is 11.1 Å². The molecule has 1 aromatic heterocycles. The summed E-state index contributed by atoms with van der Waals surface area (Å²) in [6, 6.07) is 17.6. The number of anilines is 1. The third-order valence-corrected chi connectivity index (χ3v) is 7.91. The summed E-state index contributed by atoms with van der Waals surface area (Å²) in [6.07, 6.45) is 2.13. The minimum Gasteiger partial charge on any atom is -0.496 e. The van der Waals surface area contributed by atoms with E-state index in [1.807, 2.05) is 62.4 Å². The lowest BCUT2D eigenvalue weighted by molar-refractivity contribution is -0.132. The zero-order valence-corrected chi connectivity index (χ0v) is 22.3. The van der Waals surface area contributed by atoms with Gasteiger partial charge >= 0.3 is 12.1 Å². The minimum atomic E-state index is -0.900. The van der Waals surface area contributed by atoms with Gasteiger partial charge < -0.3 is 19.5 Å². The van der Waals surface area contributed by atoms with E-state index < -0.39 is 5.97 Å². The number of carboxylic acids is 1. The Kier molecular flexibility index (Phi) is 6.25. The molecule has 2 saturated heterocycles. The highest BCUT2D eigenvalue weighted by Gasteiger charge is 2.40. The minimum absolute atomic E-state index is 0.191. The maximum absolute atomic E-state index is 13.1. The lowest BCUT2D eigenvalue weighted by atomic mass is 9.96. The quantitative estimate of drug-likeness (QED) is 0.417. The fourth-order valence-electron chi connectivity index (χ4n) is 5.49. The predicted octanol–water partition coefficient (Wildman–Crippen LogP) is 5.47. The van der Waals surface area contributed by atoms with Crippen molar-refractivity contribution in [2.24, 2.45) is 0 Å². The first-order chi connectivity index (χ1) is 18.8. The zero-order chi connectivity index (χ0) is 27.3. The Hall–Kier alpha value is -4.33. The van der Waals surface area contributed by atoms with Crippen molar-refractivity contribution in [2.45, 2.75) is 44.9 Å². The number of pyridine rings is 1. The van der Waals surface area contributed by atoms with Crippen LogP contribution in [-0.2, 0) is 16.1 Å². The lowest BCUT2D eigenvalue weighted by Gasteiger charge is -2.33. The molecule has 8 heteroatoms. The van der Waals surface area contributed by atoms with Crippen LogP contribution in [0, 0.1) is 6.92 Å². The van der Waals surface area contributed by atoms with Crippen molar-refractivity contribution in [2.75, 3.05) is 25.1 Å². The second kappa shape index (κ2) is 9.76. The first-order valence-corrected chi connectivity index (χ1v) is 13.3. The first-order valence-electron chi connectivity index (χ1n) is 13.3. The number of allylic oxidation sites excluding steroid dienone is 1. The SMILES string of the molecule is COc1ccc(C2C=C2C(=O)O)cc1-c1ccc(N2CCC2)nc1CN1C(=O)OC(c2cccc(C)c2)C1C. The second-order valence-electron chi connectivity index (χ2n) is 10.5. The molecule has 3 heterocycles. The van der Waals surface area contributed by atoms with Gasteiger partial charge in [-0.3, -0.25) is 4.90 Å². The third kappa shape index (κ3) is 4.60. The van der Waals surface area contributed by atoms with Gasteiger partial charge in [-0.2, -0.15) is 0 Å². The third-order valence-electron chi connectivity index (χ3n) is 7.91. The highest BCUT2D eigenvalue weighted by molar-refractivity contribution is 5.95. The van der Waals surface area contributed by atoms with Gasteiger partial charge in [-0.15, -0.1) is 0 Å². The molecule has 3 aliphatic rings. The monoisotopic (exact) mass is 525 g/mol. The smallest absolute Gasteiger partial charge is 0.411 e. The van der Waals surface area contributed by atoms with E-state index >= 15 is 0 Å². The molecule has 0 saturated carbocycles. The fraction of sp³-hybridized carbons (Fsp3) is 0.323. The molecule has 200 valence electrons. The predicted molar refractivity (Wildman–Crippen MR) is 147 cm³/mol. The molecule has 3 atom stereocenters. The summed E-state index contributed by atoms with van der Waals surface area (Å²) >= 11 is 0. The molecule has 2 aliphatic heterocycles. The molecule has 3 aromatic rings. The van der Waals surface area contributed by atoms with Gasteiger partial charge in [0.25, 0.3) is 0 Å². The molecule has 3 unspecified atom stereocenters. The van der Waals surface area contributed by atoms with Crippen LogP contribution in [0.1, 0.15) is 47.8 Å². The number of nitrogens with zero attached hydrogens (tertiary/aromatic N) is 3. The van der Waals surface area contributed by atoms with Gasteiger partial charge in [0, 0.05) is 35.7 Å². The number of hydrogen-bond donors (Lipinski definition) is 1. The van der Waals surface area contributed by atoms with E-state index in [1.165, 1.54) is 0 Å². The van der Waals surface area contributed by atoms with Crippen molar-refractivity contribution in [3.8, 4) is 16.9 Å². The van der Waals surface area contributed by atoms with E-state index in [2.05, 4.69) is 11.0 Å². The number of cyclic esters (lactones) is 1.